The van der Waals surface area contributed by atoms with Crippen molar-refractivity contribution >= 4 is 17.7 Å². The van der Waals surface area contributed by atoms with Crippen LogP contribution >= 0.6 is 0 Å². The Bertz CT molecular complexity index is 669. The molecule has 1 unspecified atom stereocenters. The predicted octanol–water partition coefficient (Wildman–Crippen LogP) is 1.55. The number of piperazine rings is 1. The second-order valence-corrected chi connectivity index (χ2v) is 7.43. The van der Waals surface area contributed by atoms with Crippen LogP contribution in [-0.4, -0.2) is 71.7 Å². The van der Waals surface area contributed by atoms with Gasteiger partial charge in [0, 0.05) is 52.1 Å². The average Bonchev–Trinajstić information content (AvgIpc) is 3.07. The number of hydrogen-bond acceptors (Lipinski definition) is 3. The van der Waals surface area contributed by atoms with Gasteiger partial charge < -0.3 is 14.7 Å². The number of likely N-dealkylation sites (tertiary alicyclic amines) is 1. The second kappa shape index (κ2) is 9.02. The fourth-order valence-electron chi connectivity index (χ4n) is 3.91. The summed E-state index contributed by atoms with van der Waals surface area (Å²) in [4.78, 5) is 42.6. The van der Waals surface area contributed by atoms with E-state index in [1.807, 2.05) is 47.1 Å². The molecule has 3 amide bonds. The molecule has 0 saturated carbocycles. The number of carbonyl (C=O) groups excluding carboxylic acids is 3. The topological polar surface area (TPSA) is 60.9 Å². The number of carbonyl (C=O) groups is 3. The summed E-state index contributed by atoms with van der Waals surface area (Å²) in [5.74, 6) is 0.0868. The molecule has 0 aliphatic carbocycles. The molecule has 0 aromatic heterocycles. The van der Waals surface area contributed by atoms with Gasteiger partial charge in [-0.05, 0) is 18.4 Å². The van der Waals surface area contributed by atoms with Crippen LogP contribution in [0.2, 0.25) is 0 Å². The Labute approximate surface area is 161 Å². The third kappa shape index (κ3) is 4.87. The highest BCUT2D eigenvalue weighted by atomic mass is 16.2. The first-order chi connectivity index (χ1) is 13.1. The minimum absolute atomic E-state index is 0.0679. The number of amides is 3. The Morgan fingerprint density at radius 2 is 1.70 bits per heavy atom. The summed E-state index contributed by atoms with van der Waals surface area (Å²) in [6.45, 7) is 5.60. The number of aryl methyl sites for hydroxylation is 1. The first-order valence-corrected chi connectivity index (χ1v) is 9.96. The number of nitrogens with zero attached hydrogens (tertiary/aromatic N) is 3. The van der Waals surface area contributed by atoms with Crippen LogP contribution in [0, 0.1) is 5.92 Å². The molecule has 0 bridgehead atoms. The van der Waals surface area contributed by atoms with E-state index in [9.17, 15) is 14.4 Å². The average molecular weight is 371 g/mol. The Morgan fingerprint density at radius 3 is 2.37 bits per heavy atom. The Hall–Kier alpha value is -2.37. The lowest BCUT2D eigenvalue weighted by Crippen LogP contribution is -2.52. The van der Waals surface area contributed by atoms with Crippen LogP contribution in [0.1, 0.15) is 31.7 Å². The largest absolute Gasteiger partial charge is 0.342 e. The third-order valence-electron chi connectivity index (χ3n) is 5.47. The lowest BCUT2D eigenvalue weighted by Gasteiger charge is -2.36. The van der Waals surface area contributed by atoms with Gasteiger partial charge in [-0.15, -0.1) is 0 Å². The molecule has 1 atom stereocenters. The van der Waals surface area contributed by atoms with Crippen LogP contribution in [0.25, 0.3) is 0 Å². The van der Waals surface area contributed by atoms with Crippen molar-refractivity contribution in [1.29, 1.82) is 0 Å². The summed E-state index contributed by atoms with van der Waals surface area (Å²) < 4.78 is 0. The van der Waals surface area contributed by atoms with E-state index in [2.05, 4.69) is 0 Å². The molecule has 2 saturated heterocycles. The zero-order valence-electron chi connectivity index (χ0n) is 16.1. The quantitative estimate of drug-likeness (QED) is 0.762. The van der Waals surface area contributed by atoms with E-state index < -0.39 is 0 Å². The lowest BCUT2D eigenvalue weighted by atomic mass is 10.1. The third-order valence-corrected chi connectivity index (χ3v) is 5.47. The normalized spacial score (nSPS) is 20.3. The molecule has 1 aromatic carbocycles. The Morgan fingerprint density at radius 1 is 1.04 bits per heavy atom. The highest BCUT2D eigenvalue weighted by Crippen LogP contribution is 2.21. The van der Waals surface area contributed by atoms with Gasteiger partial charge in [0.2, 0.25) is 17.7 Å². The van der Waals surface area contributed by atoms with Crippen molar-refractivity contribution in [3.63, 3.8) is 0 Å². The molecule has 6 heteroatoms. The van der Waals surface area contributed by atoms with Crippen LogP contribution in [0.15, 0.2) is 30.3 Å². The number of benzene rings is 1. The van der Waals surface area contributed by atoms with Crippen LogP contribution in [0.3, 0.4) is 0 Å². The van der Waals surface area contributed by atoms with E-state index in [1.54, 1.807) is 4.90 Å². The van der Waals surface area contributed by atoms with E-state index in [4.69, 9.17) is 0 Å². The minimum atomic E-state index is -0.218. The summed E-state index contributed by atoms with van der Waals surface area (Å²) >= 11 is 0. The van der Waals surface area contributed by atoms with E-state index in [0.29, 0.717) is 45.6 Å². The molecule has 3 rings (SSSR count). The maximum Gasteiger partial charge on any atom is 0.228 e. The first-order valence-electron chi connectivity index (χ1n) is 9.96. The van der Waals surface area contributed by atoms with Gasteiger partial charge in [-0.1, -0.05) is 37.3 Å². The fraction of sp³-hybridized carbons (Fsp3) is 0.571. The molecule has 0 radical (unpaired) electrons. The molecule has 2 fully saturated rings. The van der Waals surface area contributed by atoms with E-state index in [-0.39, 0.29) is 23.6 Å². The molecule has 146 valence electrons. The van der Waals surface area contributed by atoms with Crippen molar-refractivity contribution in [2.24, 2.45) is 5.92 Å². The van der Waals surface area contributed by atoms with E-state index in [1.165, 1.54) is 5.56 Å². The van der Waals surface area contributed by atoms with Gasteiger partial charge in [0.05, 0.1) is 5.92 Å². The molecular weight excluding hydrogens is 342 g/mol. The van der Waals surface area contributed by atoms with E-state index >= 15 is 0 Å². The van der Waals surface area contributed by atoms with Gasteiger partial charge in [0.25, 0.3) is 0 Å². The lowest BCUT2D eigenvalue weighted by molar-refractivity contribution is -0.142. The molecular formula is C21H29N3O3. The van der Waals surface area contributed by atoms with Crippen LogP contribution < -0.4 is 0 Å². The predicted molar refractivity (Wildman–Crippen MR) is 103 cm³/mol. The summed E-state index contributed by atoms with van der Waals surface area (Å²) in [5.41, 5.74) is 1.17. The molecule has 1 aromatic rings. The summed E-state index contributed by atoms with van der Waals surface area (Å²) in [5, 5.41) is 0. The molecule has 2 aliphatic rings. The van der Waals surface area contributed by atoms with Gasteiger partial charge >= 0.3 is 0 Å². The van der Waals surface area contributed by atoms with Gasteiger partial charge in [0.1, 0.15) is 0 Å². The Balaban J connectivity index is 1.44. The molecule has 27 heavy (non-hydrogen) atoms. The molecule has 2 aliphatic heterocycles. The van der Waals surface area contributed by atoms with Crippen molar-refractivity contribution in [3.05, 3.63) is 35.9 Å². The van der Waals surface area contributed by atoms with Gasteiger partial charge in [0.15, 0.2) is 0 Å². The first kappa shape index (κ1) is 19.4. The van der Waals surface area contributed by atoms with E-state index in [0.717, 1.165) is 19.4 Å². The van der Waals surface area contributed by atoms with Crippen LogP contribution in [0.4, 0.5) is 0 Å². The monoisotopic (exact) mass is 371 g/mol. The highest BCUT2D eigenvalue weighted by molar-refractivity contribution is 5.89. The highest BCUT2D eigenvalue weighted by Gasteiger charge is 2.37. The summed E-state index contributed by atoms with van der Waals surface area (Å²) in [6.07, 6.45) is 2.49. The Kier molecular flexibility index (Phi) is 6.48. The maximum atomic E-state index is 12.7. The SMILES string of the molecule is CCCN1CC(C(=O)N2CCN(C(=O)CCc3ccccc3)CC2)CC1=O. The zero-order valence-corrected chi connectivity index (χ0v) is 16.1. The zero-order chi connectivity index (χ0) is 19.2. The van der Waals surface area contributed by atoms with Gasteiger partial charge in [-0.25, -0.2) is 0 Å². The summed E-state index contributed by atoms with van der Waals surface area (Å²) in [7, 11) is 0. The fourth-order valence-corrected chi connectivity index (χ4v) is 3.91. The number of hydrogen-bond donors (Lipinski definition) is 0. The van der Waals surface area contributed by atoms with Crippen molar-refractivity contribution < 1.29 is 14.4 Å². The molecule has 0 N–H and O–H groups in total. The summed E-state index contributed by atoms with van der Waals surface area (Å²) in [6, 6.07) is 10.0. The van der Waals surface area contributed by atoms with Crippen LogP contribution in [0.5, 0.6) is 0 Å². The van der Waals surface area contributed by atoms with Crippen LogP contribution in [-0.2, 0) is 20.8 Å². The van der Waals surface area contributed by atoms with Gasteiger partial charge in [-0.3, -0.25) is 14.4 Å². The standard InChI is InChI=1S/C21H29N3O3/c1-2-10-24-16-18(15-20(24)26)21(27)23-13-11-22(12-14-23)19(25)9-8-17-6-4-3-5-7-17/h3-7,18H,2,8-16H2,1H3. The molecule has 0 spiro atoms. The minimum Gasteiger partial charge on any atom is -0.342 e. The van der Waals surface area contributed by atoms with Crippen molar-refractivity contribution in [3.8, 4) is 0 Å². The number of rotatable bonds is 6. The second-order valence-electron chi connectivity index (χ2n) is 7.43. The molecule has 6 nitrogen and oxygen atoms in total. The smallest absolute Gasteiger partial charge is 0.228 e. The van der Waals surface area contributed by atoms with Gasteiger partial charge in [-0.2, -0.15) is 0 Å². The van der Waals surface area contributed by atoms with Crippen molar-refractivity contribution in [1.82, 2.24) is 14.7 Å². The van der Waals surface area contributed by atoms with Crippen molar-refractivity contribution in [2.75, 3.05) is 39.3 Å². The molecule has 2 heterocycles. The van der Waals surface area contributed by atoms with Crippen molar-refractivity contribution in [2.45, 2.75) is 32.6 Å². The maximum absolute atomic E-state index is 12.7.